The van der Waals surface area contributed by atoms with Crippen molar-refractivity contribution in [2.24, 2.45) is 5.92 Å². The maximum Gasteiger partial charge on any atom is 0.0359 e. The van der Waals surface area contributed by atoms with Crippen LogP contribution in [0, 0.1) is 12.8 Å². The van der Waals surface area contributed by atoms with Gasteiger partial charge in [-0.15, -0.1) is 0 Å². The zero-order valence-corrected chi connectivity index (χ0v) is 10.5. The SMILES string of the molecule is Cc1ccc(N)c(CN(C)C(C)C2CC2)c1. The quantitative estimate of drug-likeness (QED) is 0.787. The summed E-state index contributed by atoms with van der Waals surface area (Å²) in [5.74, 6) is 0.913. The zero-order chi connectivity index (χ0) is 11.7. The minimum absolute atomic E-state index is 0.680. The molecule has 1 unspecified atom stereocenters. The lowest BCUT2D eigenvalue weighted by atomic mass is 10.1. The number of benzene rings is 1. The molecule has 1 aliphatic carbocycles. The van der Waals surface area contributed by atoms with E-state index < -0.39 is 0 Å². The first-order valence-corrected chi connectivity index (χ1v) is 6.13. The summed E-state index contributed by atoms with van der Waals surface area (Å²) in [5.41, 5.74) is 9.47. The van der Waals surface area contributed by atoms with E-state index in [1.54, 1.807) is 0 Å². The second-order valence-corrected chi connectivity index (χ2v) is 5.20. The molecule has 0 heterocycles. The molecule has 1 aromatic rings. The number of hydrogen-bond acceptors (Lipinski definition) is 2. The third-order valence-electron chi connectivity index (χ3n) is 3.72. The van der Waals surface area contributed by atoms with E-state index in [-0.39, 0.29) is 0 Å². The van der Waals surface area contributed by atoms with Gasteiger partial charge in [-0.2, -0.15) is 0 Å². The van der Waals surface area contributed by atoms with Gasteiger partial charge in [0.15, 0.2) is 0 Å². The van der Waals surface area contributed by atoms with Crippen LogP contribution in [0.5, 0.6) is 0 Å². The van der Waals surface area contributed by atoms with Gasteiger partial charge in [0, 0.05) is 18.3 Å². The third-order valence-corrected chi connectivity index (χ3v) is 3.72. The number of nitrogen functional groups attached to an aromatic ring is 1. The van der Waals surface area contributed by atoms with Crippen LogP contribution in [0.3, 0.4) is 0 Å². The second kappa shape index (κ2) is 4.46. The van der Waals surface area contributed by atoms with Crippen molar-refractivity contribution in [1.29, 1.82) is 0 Å². The molecule has 1 saturated carbocycles. The molecule has 88 valence electrons. The van der Waals surface area contributed by atoms with E-state index in [1.807, 2.05) is 6.07 Å². The van der Waals surface area contributed by atoms with Crippen molar-refractivity contribution in [3.8, 4) is 0 Å². The molecule has 0 aromatic heterocycles. The van der Waals surface area contributed by atoms with Crippen molar-refractivity contribution in [3.05, 3.63) is 29.3 Å². The van der Waals surface area contributed by atoms with E-state index >= 15 is 0 Å². The van der Waals surface area contributed by atoms with Crippen LogP contribution in [0.25, 0.3) is 0 Å². The average molecular weight is 218 g/mol. The molecular weight excluding hydrogens is 196 g/mol. The Kier molecular flexibility index (Phi) is 3.20. The fourth-order valence-corrected chi connectivity index (χ4v) is 2.22. The Balaban J connectivity index is 2.04. The number of nitrogens with zero attached hydrogens (tertiary/aromatic N) is 1. The van der Waals surface area contributed by atoms with Crippen LogP contribution in [-0.2, 0) is 6.54 Å². The Morgan fingerprint density at radius 3 is 2.75 bits per heavy atom. The molecule has 0 spiro atoms. The Labute approximate surface area is 98.4 Å². The zero-order valence-electron chi connectivity index (χ0n) is 10.5. The molecule has 1 aromatic carbocycles. The highest BCUT2D eigenvalue weighted by Crippen LogP contribution is 2.35. The van der Waals surface area contributed by atoms with E-state index in [1.165, 1.54) is 24.0 Å². The fourth-order valence-electron chi connectivity index (χ4n) is 2.22. The highest BCUT2D eigenvalue weighted by atomic mass is 15.1. The Morgan fingerprint density at radius 1 is 1.44 bits per heavy atom. The number of aryl methyl sites for hydroxylation is 1. The summed E-state index contributed by atoms with van der Waals surface area (Å²) in [4.78, 5) is 2.42. The molecule has 0 radical (unpaired) electrons. The summed E-state index contributed by atoms with van der Waals surface area (Å²) in [6.07, 6.45) is 2.80. The van der Waals surface area contributed by atoms with E-state index in [0.717, 1.165) is 18.2 Å². The predicted octanol–water partition coefficient (Wildman–Crippen LogP) is 2.81. The second-order valence-electron chi connectivity index (χ2n) is 5.20. The summed E-state index contributed by atoms with van der Waals surface area (Å²) in [6, 6.07) is 6.97. The van der Waals surface area contributed by atoms with Crippen molar-refractivity contribution in [2.45, 2.75) is 39.3 Å². The van der Waals surface area contributed by atoms with Gasteiger partial charge in [-0.1, -0.05) is 17.7 Å². The molecule has 1 aliphatic rings. The van der Waals surface area contributed by atoms with Crippen molar-refractivity contribution < 1.29 is 0 Å². The molecular formula is C14H22N2. The molecule has 0 amide bonds. The number of nitrogens with two attached hydrogens (primary N) is 1. The Hall–Kier alpha value is -1.02. The van der Waals surface area contributed by atoms with Crippen molar-refractivity contribution in [3.63, 3.8) is 0 Å². The van der Waals surface area contributed by atoms with Gasteiger partial charge in [0.25, 0.3) is 0 Å². The maximum absolute atomic E-state index is 6.00. The van der Waals surface area contributed by atoms with Gasteiger partial charge >= 0.3 is 0 Å². The third kappa shape index (κ3) is 2.56. The highest BCUT2D eigenvalue weighted by molar-refractivity contribution is 5.48. The van der Waals surface area contributed by atoms with Crippen LogP contribution in [0.15, 0.2) is 18.2 Å². The summed E-state index contributed by atoms with van der Waals surface area (Å²) >= 11 is 0. The minimum atomic E-state index is 0.680. The van der Waals surface area contributed by atoms with Crippen LogP contribution in [-0.4, -0.2) is 18.0 Å². The standard InChI is InChI=1S/C14H22N2/c1-10-4-7-14(15)13(8-10)9-16(3)11(2)12-5-6-12/h4,7-8,11-12H,5-6,9,15H2,1-3H3. The number of rotatable bonds is 4. The van der Waals surface area contributed by atoms with Gasteiger partial charge in [0.2, 0.25) is 0 Å². The first kappa shape index (κ1) is 11.5. The van der Waals surface area contributed by atoms with E-state index in [2.05, 4.69) is 37.9 Å². The highest BCUT2D eigenvalue weighted by Gasteiger charge is 2.30. The smallest absolute Gasteiger partial charge is 0.0359 e. The van der Waals surface area contributed by atoms with Crippen molar-refractivity contribution in [1.82, 2.24) is 4.90 Å². The largest absolute Gasteiger partial charge is 0.398 e. The molecule has 1 fully saturated rings. The van der Waals surface area contributed by atoms with Gasteiger partial charge < -0.3 is 5.73 Å². The van der Waals surface area contributed by atoms with E-state index in [4.69, 9.17) is 5.73 Å². The lowest BCUT2D eigenvalue weighted by Gasteiger charge is -2.25. The minimum Gasteiger partial charge on any atom is -0.398 e. The summed E-state index contributed by atoms with van der Waals surface area (Å²) in [5, 5.41) is 0. The van der Waals surface area contributed by atoms with Crippen LogP contribution in [0.4, 0.5) is 5.69 Å². The summed E-state index contributed by atoms with van der Waals surface area (Å²) in [7, 11) is 2.20. The van der Waals surface area contributed by atoms with Gasteiger partial charge in [-0.05, 0) is 51.3 Å². The topological polar surface area (TPSA) is 29.3 Å². The van der Waals surface area contributed by atoms with Crippen LogP contribution < -0.4 is 5.73 Å². The van der Waals surface area contributed by atoms with Gasteiger partial charge in [0.05, 0.1) is 0 Å². The van der Waals surface area contributed by atoms with Crippen LogP contribution >= 0.6 is 0 Å². The molecule has 1 atom stereocenters. The molecule has 16 heavy (non-hydrogen) atoms. The van der Waals surface area contributed by atoms with Crippen molar-refractivity contribution in [2.75, 3.05) is 12.8 Å². The lowest BCUT2D eigenvalue weighted by Crippen LogP contribution is -2.30. The average Bonchev–Trinajstić information content (AvgIpc) is 3.06. The first-order valence-electron chi connectivity index (χ1n) is 6.13. The Morgan fingerprint density at radius 2 is 2.12 bits per heavy atom. The summed E-state index contributed by atoms with van der Waals surface area (Å²) < 4.78 is 0. The summed E-state index contributed by atoms with van der Waals surface area (Å²) in [6.45, 7) is 5.40. The normalized spacial score (nSPS) is 17.8. The van der Waals surface area contributed by atoms with E-state index in [0.29, 0.717) is 6.04 Å². The van der Waals surface area contributed by atoms with Crippen molar-refractivity contribution >= 4 is 5.69 Å². The van der Waals surface area contributed by atoms with E-state index in [9.17, 15) is 0 Å². The molecule has 2 rings (SSSR count). The monoisotopic (exact) mass is 218 g/mol. The maximum atomic E-state index is 6.00. The molecule has 0 aliphatic heterocycles. The first-order chi connectivity index (χ1) is 7.58. The molecule has 0 saturated heterocycles. The molecule has 2 heteroatoms. The number of hydrogen-bond donors (Lipinski definition) is 1. The lowest BCUT2D eigenvalue weighted by molar-refractivity contribution is 0.227. The number of anilines is 1. The van der Waals surface area contributed by atoms with Crippen LogP contribution in [0.1, 0.15) is 30.9 Å². The Bertz CT molecular complexity index is 369. The molecule has 2 N–H and O–H groups in total. The van der Waals surface area contributed by atoms with Crippen LogP contribution in [0.2, 0.25) is 0 Å². The fraction of sp³-hybridized carbons (Fsp3) is 0.571. The van der Waals surface area contributed by atoms with Gasteiger partial charge in [-0.25, -0.2) is 0 Å². The molecule has 0 bridgehead atoms. The molecule has 2 nitrogen and oxygen atoms in total. The van der Waals surface area contributed by atoms with Gasteiger partial charge in [-0.3, -0.25) is 4.90 Å². The van der Waals surface area contributed by atoms with Gasteiger partial charge in [0.1, 0.15) is 0 Å². The predicted molar refractivity (Wildman–Crippen MR) is 69.2 cm³/mol.